The highest BCUT2D eigenvalue weighted by molar-refractivity contribution is 7.71. The first-order valence-electron chi connectivity index (χ1n) is 9.21. The Bertz CT molecular complexity index is 1300. The average molecular weight is 401 g/mol. The molecule has 144 valence electrons. The fourth-order valence-electron chi connectivity index (χ4n) is 3.15. The molecule has 0 aliphatic rings. The fraction of sp³-hybridized carbons (Fsp3) is 0.0870. The normalized spacial score (nSPS) is 10.8. The summed E-state index contributed by atoms with van der Waals surface area (Å²) in [6.07, 6.45) is 0. The standard InChI is InChI=1S/C23H19N3O2S/c1-15-6-8-16(9-7-15)14-24-21(27)17-10-12-18(13-11-17)26-22(28)19-4-2-3-5-20(19)25-23(26)29/h2-13H,14H2,1H3,(H,24,27)(H,25,29). The number of hydrogen-bond donors (Lipinski definition) is 2. The fourth-order valence-corrected chi connectivity index (χ4v) is 3.45. The Morgan fingerprint density at radius 2 is 1.69 bits per heavy atom. The van der Waals surface area contributed by atoms with Crippen molar-refractivity contribution in [3.63, 3.8) is 0 Å². The highest BCUT2D eigenvalue weighted by Gasteiger charge is 2.09. The first-order valence-corrected chi connectivity index (χ1v) is 9.62. The van der Waals surface area contributed by atoms with Crippen molar-refractivity contribution in [2.75, 3.05) is 0 Å². The number of H-pyrrole nitrogens is 1. The lowest BCUT2D eigenvalue weighted by atomic mass is 10.1. The second-order valence-electron chi connectivity index (χ2n) is 6.83. The first kappa shape index (κ1) is 18.8. The minimum atomic E-state index is -0.194. The van der Waals surface area contributed by atoms with Crippen LogP contribution in [0.5, 0.6) is 0 Å². The van der Waals surface area contributed by atoms with E-state index in [0.29, 0.717) is 33.5 Å². The number of carbonyl (C=O) groups is 1. The smallest absolute Gasteiger partial charge is 0.266 e. The van der Waals surface area contributed by atoms with Crippen LogP contribution >= 0.6 is 12.2 Å². The number of aromatic nitrogens is 2. The third kappa shape index (κ3) is 3.88. The molecule has 1 aromatic heterocycles. The molecule has 3 aromatic carbocycles. The van der Waals surface area contributed by atoms with Crippen LogP contribution in [0.1, 0.15) is 21.5 Å². The van der Waals surface area contributed by atoms with Crippen molar-refractivity contribution < 1.29 is 4.79 Å². The predicted molar refractivity (Wildman–Crippen MR) is 117 cm³/mol. The summed E-state index contributed by atoms with van der Waals surface area (Å²) >= 11 is 5.37. The molecule has 0 spiro atoms. The van der Waals surface area contributed by atoms with E-state index in [1.807, 2.05) is 49.4 Å². The molecule has 0 unspecified atom stereocenters. The van der Waals surface area contributed by atoms with Crippen LogP contribution in [0, 0.1) is 11.7 Å². The van der Waals surface area contributed by atoms with E-state index >= 15 is 0 Å². The third-order valence-corrected chi connectivity index (χ3v) is 5.05. The third-order valence-electron chi connectivity index (χ3n) is 4.77. The molecule has 0 saturated heterocycles. The van der Waals surface area contributed by atoms with Gasteiger partial charge >= 0.3 is 0 Å². The maximum absolute atomic E-state index is 12.8. The van der Waals surface area contributed by atoms with E-state index in [1.54, 1.807) is 30.3 Å². The Morgan fingerprint density at radius 1 is 1.00 bits per heavy atom. The van der Waals surface area contributed by atoms with E-state index in [1.165, 1.54) is 10.1 Å². The van der Waals surface area contributed by atoms with Gasteiger partial charge in [0.25, 0.3) is 11.5 Å². The van der Waals surface area contributed by atoms with E-state index in [0.717, 1.165) is 5.56 Å². The van der Waals surface area contributed by atoms with Crippen molar-refractivity contribution in [1.82, 2.24) is 14.9 Å². The van der Waals surface area contributed by atoms with Gasteiger partial charge in [-0.15, -0.1) is 0 Å². The molecule has 4 rings (SSSR count). The summed E-state index contributed by atoms with van der Waals surface area (Å²) in [6, 6.07) is 22.1. The highest BCUT2D eigenvalue weighted by atomic mass is 32.1. The molecule has 5 nitrogen and oxygen atoms in total. The predicted octanol–water partition coefficient (Wildman–Crippen LogP) is 4.29. The quantitative estimate of drug-likeness (QED) is 0.502. The Kier molecular flexibility index (Phi) is 5.10. The molecule has 0 aliphatic heterocycles. The van der Waals surface area contributed by atoms with Gasteiger partial charge in [-0.05, 0) is 61.1 Å². The molecule has 6 heteroatoms. The number of nitrogens with one attached hydrogen (secondary N) is 2. The lowest BCUT2D eigenvalue weighted by molar-refractivity contribution is 0.0951. The van der Waals surface area contributed by atoms with Crippen molar-refractivity contribution in [2.45, 2.75) is 13.5 Å². The number of benzene rings is 3. The van der Waals surface area contributed by atoms with E-state index in [-0.39, 0.29) is 11.5 Å². The van der Waals surface area contributed by atoms with Gasteiger partial charge in [0.05, 0.1) is 16.6 Å². The number of aromatic amines is 1. The maximum Gasteiger partial charge on any atom is 0.266 e. The summed E-state index contributed by atoms with van der Waals surface area (Å²) in [6.45, 7) is 2.48. The number of nitrogens with zero attached hydrogens (tertiary/aromatic N) is 1. The van der Waals surface area contributed by atoms with Gasteiger partial charge in [-0.2, -0.15) is 0 Å². The van der Waals surface area contributed by atoms with E-state index in [4.69, 9.17) is 12.2 Å². The molecule has 1 heterocycles. The zero-order chi connectivity index (χ0) is 20.4. The number of hydrogen-bond acceptors (Lipinski definition) is 3. The molecule has 29 heavy (non-hydrogen) atoms. The topological polar surface area (TPSA) is 66.9 Å². The first-order chi connectivity index (χ1) is 14.0. The lowest BCUT2D eigenvalue weighted by Gasteiger charge is -2.10. The number of amides is 1. The number of rotatable bonds is 4. The van der Waals surface area contributed by atoms with E-state index in [2.05, 4.69) is 10.3 Å². The summed E-state index contributed by atoms with van der Waals surface area (Å²) < 4.78 is 1.75. The van der Waals surface area contributed by atoms with Crippen LogP contribution in [0.4, 0.5) is 0 Å². The minimum absolute atomic E-state index is 0.173. The van der Waals surface area contributed by atoms with Gasteiger partial charge in [0, 0.05) is 12.1 Å². The van der Waals surface area contributed by atoms with Gasteiger partial charge in [0.2, 0.25) is 0 Å². The monoisotopic (exact) mass is 401 g/mol. The van der Waals surface area contributed by atoms with Crippen LogP contribution in [0.3, 0.4) is 0 Å². The van der Waals surface area contributed by atoms with Gasteiger partial charge in [-0.25, -0.2) is 0 Å². The lowest BCUT2D eigenvalue weighted by Crippen LogP contribution is -2.23. The van der Waals surface area contributed by atoms with Crippen LogP contribution in [0.15, 0.2) is 77.6 Å². The van der Waals surface area contributed by atoms with Gasteiger partial charge in [-0.1, -0.05) is 42.0 Å². The molecule has 0 fully saturated rings. The van der Waals surface area contributed by atoms with Gasteiger partial charge in [-0.3, -0.25) is 14.2 Å². The second kappa shape index (κ2) is 7.85. The van der Waals surface area contributed by atoms with Crippen LogP contribution in [0.25, 0.3) is 16.6 Å². The molecule has 0 atom stereocenters. The van der Waals surface area contributed by atoms with Gasteiger partial charge in [0.15, 0.2) is 4.77 Å². The largest absolute Gasteiger partial charge is 0.348 e. The van der Waals surface area contributed by atoms with Crippen LogP contribution in [-0.2, 0) is 6.54 Å². The summed E-state index contributed by atoms with van der Waals surface area (Å²) in [5, 5.41) is 3.46. The number of para-hydroxylation sites is 1. The van der Waals surface area contributed by atoms with Crippen LogP contribution < -0.4 is 10.9 Å². The summed E-state index contributed by atoms with van der Waals surface area (Å²) in [4.78, 5) is 28.4. The number of carbonyl (C=O) groups excluding carboxylic acids is 1. The van der Waals surface area contributed by atoms with Crippen LogP contribution in [0.2, 0.25) is 0 Å². The van der Waals surface area contributed by atoms with E-state index < -0.39 is 0 Å². The summed E-state index contributed by atoms with van der Waals surface area (Å²) in [5.41, 5.74) is 3.85. The maximum atomic E-state index is 12.8. The molecule has 1 amide bonds. The summed E-state index contributed by atoms with van der Waals surface area (Å²) in [5.74, 6) is -0.173. The Balaban J connectivity index is 1.57. The van der Waals surface area contributed by atoms with Crippen molar-refractivity contribution in [1.29, 1.82) is 0 Å². The highest BCUT2D eigenvalue weighted by Crippen LogP contribution is 2.12. The van der Waals surface area contributed by atoms with Crippen molar-refractivity contribution in [3.05, 3.63) is 105 Å². The van der Waals surface area contributed by atoms with Crippen LogP contribution in [-0.4, -0.2) is 15.5 Å². The zero-order valence-corrected chi connectivity index (χ0v) is 16.6. The zero-order valence-electron chi connectivity index (χ0n) is 15.8. The molecule has 0 saturated carbocycles. The second-order valence-corrected chi connectivity index (χ2v) is 7.22. The summed E-state index contributed by atoms with van der Waals surface area (Å²) in [7, 11) is 0. The number of aryl methyl sites for hydroxylation is 1. The SMILES string of the molecule is Cc1ccc(CNC(=O)c2ccc(-n3c(=S)[nH]c4ccccc4c3=O)cc2)cc1. The van der Waals surface area contributed by atoms with Crippen molar-refractivity contribution in [3.8, 4) is 5.69 Å². The average Bonchev–Trinajstić information content (AvgIpc) is 2.73. The Hall–Kier alpha value is -3.51. The van der Waals surface area contributed by atoms with Crippen molar-refractivity contribution >= 4 is 29.0 Å². The molecular weight excluding hydrogens is 382 g/mol. The molecule has 0 radical (unpaired) electrons. The number of fused-ring (bicyclic) bond motifs is 1. The van der Waals surface area contributed by atoms with Gasteiger partial charge in [0.1, 0.15) is 0 Å². The molecule has 4 aromatic rings. The molecular formula is C23H19N3O2S. The molecule has 0 bridgehead atoms. The van der Waals surface area contributed by atoms with E-state index in [9.17, 15) is 9.59 Å². The van der Waals surface area contributed by atoms with Gasteiger partial charge < -0.3 is 10.3 Å². The Labute approximate surface area is 172 Å². The Morgan fingerprint density at radius 3 is 2.41 bits per heavy atom. The minimum Gasteiger partial charge on any atom is -0.348 e. The van der Waals surface area contributed by atoms with Crippen molar-refractivity contribution in [2.24, 2.45) is 0 Å². The molecule has 2 N–H and O–H groups in total. The molecule has 0 aliphatic carbocycles.